The van der Waals surface area contributed by atoms with Crippen LogP contribution in [-0.4, -0.2) is 28.3 Å². The van der Waals surface area contributed by atoms with Crippen molar-refractivity contribution in [1.29, 1.82) is 0 Å². The molecule has 0 aliphatic carbocycles. The predicted molar refractivity (Wildman–Crippen MR) is 64.8 cm³/mol. The summed E-state index contributed by atoms with van der Waals surface area (Å²) in [4.78, 5) is 57.0. The number of nitro groups is 1. The molecule has 1 atom stereocenters. The summed E-state index contributed by atoms with van der Waals surface area (Å²) < 4.78 is 0. The van der Waals surface area contributed by atoms with Crippen LogP contribution in [0.1, 0.15) is 6.92 Å². The van der Waals surface area contributed by atoms with Gasteiger partial charge in [-0.3, -0.25) is 29.3 Å². The third-order valence-electron chi connectivity index (χ3n) is 2.85. The van der Waals surface area contributed by atoms with Crippen LogP contribution in [0.3, 0.4) is 0 Å². The van der Waals surface area contributed by atoms with Gasteiger partial charge in [0.15, 0.2) is 5.92 Å². The number of ketones is 2. The van der Waals surface area contributed by atoms with Crippen LogP contribution in [0.2, 0.25) is 0 Å². The third-order valence-corrected chi connectivity index (χ3v) is 2.85. The van der Waals surface area contributed by atoms with Crippen LogP contribution in [0.4, 0.5) is 11.4 Å². The van der Waals surface area contributed by atoms with Crippen molar-refractivity contribution in [3.05, 3.63) is 34.4 Å². The molecule has 2 rings (SSSR count). The van der Waals surface area contributed by atoms with E-state index in [1.807, 2.05) is 0 Å². The summed E-state index contributed by atoms with van der Waals surface area (Å²) in [5, 5.41) is 10.7. The van der Waals surface area contributed by atoms with Crippen LogP contribution < -0.4 is 4.90 Å². The Kier molecular flexibility index (Phi) is 3.15. The van der Waals surface area contributed by atoms with Crippen LogP contribution in [0.25, 0.3) is 0 Å². The lowest BCUT2D eigenvalue weighted by atomic mass is 10.0. The lowest BCUT2D eigenvalue weighted by molar-refractivity contribution is -0.384. The van der Waals surface area contributed by atoms with Crippen molar-refractivity contribution in [2.45, 2.75) is 6.92 Å². The maximum absolute atomic E-state index is 11.9. The van der Waals surface area contributed by atoms with E-state index in [0.29, 0.717) is 4.90 Å². The number of imide groups is 1. The molecule has 102 valence electrons. The Labute approximate surface area is 112 Å². The van der Waals surface area contributed by atoms with E-state index in [4.69, 9.17) is 0 Å². The molecule has 0 bridgehead atoms. The van der Waals surface area contributed by atoms with Crippen LogP contribution >= 0.6 is 0 Å². The topological polar surface area (TPSA) is 115 Å². The molecule has 1 aliphatic heterocycles. The number of hydrogen-bond acceptors (Lipinski definition) is 6. The smallest absolute Gasteiger partial charge is 0.299 e. The Morgan fingerprint density at radius 1 is 1.30 bits per heavy atom. The minimum Gasteiger partial charge on any atom is -0.299 e. The van der Waals surface area contributed by atoms with Crippen LogP contribution in [-0.2, 0) is 19.2 Å². The van der Waals surface area contributed by atoms with Crippen molar-refractivity contribution in [2.24, 2.45) is 5.92 Å². The highest BCUT2D eigenvalue weighted by Crippen LogP contribution is 2.27. The SMILES string of the molecule is CC(=O)[C@H]1C(=O)C(=O)N(c2cccc([N+](=O)[O-])c2)C1=O. The van der Waals surface area contributed by atoms with Crippen LogP contribution in [0.15, 0.2) is 24.3 Å². The van der Waals surface area contributed by atoms with Crippen LogP contribution in [0, 0.1) is 16.0 Å². The molecule has 1 aliphatic rings. The van der Waals surface area contributed by atoms with Crippen molar-refractivity contribution in [2.75, 3.05) is 4.90 Å². The number of carbonyl (C=O) groups is 4. The van der Waals surface area contributed by atoms with Gasteiger partial charge in [0.1, 0.15) is 5.78 Å². The number of anilines is 1. The van der Waals surface area contributed by atoms with Crippen molar-refractivity contribution >= 4 is 34.8 Å². The average Bonchev–Trinajstić information content (AvgIpc) is 2.60. The van der Waals surface area contributed by atoms with Gasteiger partial charge in [-0.15, -0.1) is 0 Å². The van der Waals surface area contributed by atoms with E-state index in [0.717, 1.165) is 13.0 Å². The van der Waals surface area contributed by atoms with Crippen molar-refractivity contribution in [3.63, 3.8) is 0 Å². The highest BCUT2D eigenvalue weighted by molar-refractivity contribution is 6.59. The maximum atomic E-state index is 11.9. The van der Waals surface area contributed by atoms with Gasteiger partial charge in [-0.1, -0.05) is 6.07 Å². The second kappa shape index (κ2) is 4.65. The summed E-state index contributed by atoms with van der Waals surface area (Å²) in [5.74, 6) is -5.64. The van der Waals surface area contributed by atoms with E-state index in [2.05, 4.69) is 0 Å². The van der Waals surface area contributed by atoms with E-state index >= 15 is 0 Å². The number of nitro benzene ring substituents is 1. The average molecular weight is 276 g/mol. The van der Waals surface area contributed by atoms with E-state index in [-0.39, 0.29) is 11.4 Å². The normalized spacial score (nSPS) is 18.6. The fourth-order valence-electron chi connectivity index (χ4n) is 1.92. The van der Waals surface area contributed by atoms with Crippen molar-refractivity contribution < 1.29 is 24.1 Å². The number of hydrogen-bond donors (Lipinski definition) is 0. The third kappa shape index (κ3) is 1.96. The van der Waals surface area contributed by atoms with Gasteiger partial charge in [0.25, 0.3) is 11.6 Å². The molecule has 0 unspecified atom stereocenters. The van der Waals surface area contributed by atoms with Gasteiger partial charge in [0.05, 0.1) is 10.6 Å². The molecule has 0 spiro atoms. The molecule has 0 saturated carbocycles. The zero-order chi connectivity index (χ0) is 15.0. The molecular weight excluding hydrogens is 268 g/mol. The van der Waals surface area contributed by atoms with Crippen LogP contribution in [0.5, 0.6) is 0 Å². The van der Waals surface area contributed by atoms with E-state index < -0.39 is 34.2 Å². The van der Waals surface area contributed by atoms with Crippen molar-refractivity contribution in [3.8, 4) is 0 Å². The number of Topliss-reactive ketones (excluding diaryl/α,β-unsaturated/α-hetero) is 2. The summed E-state index contributed by atoms with van der Waals surface area (Å²) in [6.45, 7) is 1.03. The summed E-state index contributed by atoms with van der Waals surface area (Å²) in [5.41, 5.74) is -0.437. The fourth-order valence-corrected chi connectivity index (χ4v) is 1.92. The molecule has 0 aromatic heterocycles. The van der Waals surface area contributed by atoms with Gasteiger partial charge in [0.2, 0.25) is 5.78 Å². The summed E-state index contributed by atoms with van der Waals surface area (Å²) in [6.07, 6.45) is 0. The highest BCUT2D eigenvalue weighted by Gasteiger charge is 2.50. The molecular formula is C12H8N2O6. The number of nitrogens with zero attached hydrogens (tertiary/aromatic N) is 2. The summed E-state index contributed by atoms with van der Waals surface area (Å²) >= 11 is 0. The quantitative estimate of drug-likeness (QED) is 0.257. The second-order valence-electron chi connectivity index (χ2n) is 4.16. The number of benzene rings is 1. The Bertz CT molecular complexity index is 666. The molecule has 8 nitrogen and oxygen atoms in total. The zero-order valence-electron chi connectivity index (χ0n) is 10.2. The number of amides is 2. The lowest BCUT2D eigenvalue weighted by Gasteiger charge is -2.12. The largest absolute Gasteiger partial charge is 0.302 e. The van der Waals surface area contributed by atoms with Crippen molar-refractivity contribution in [1.82, 2.24) is 0 Å². The Balaban J connectivity index is 2.48. The summed E-state index contributed by atoms with van der Waals surface area (Å²) in [6, 6.07) is 4.72. The molecule has 1 fully saturated rings. The Morgan fingerprint density at radius 3 is 2.45 bits per heavy atom. The van der Waals surface area contributed by atoms with Gasteiger partial charge < -0.3 is 0 Å². The lowest BCUT2D eigenvalue weighted by Crippen LogP contribution is -2.31. The van der Waals surface area contributed by atoms with Gasteiger partial charge in [-0.25, -0.2) is 4.90 Å². The molecule has 1 saturated heterocycles. The minimum atomic E-state index is -1.65. The van der Waals surface area contributed by atoms with E-state index in [1.165, 1.54) is 18.2 Å². The van der Waals surface area contributed by atoms with E-state index in [1.54, 1.807) is 0 Å². The first kappa shape index (κ1) is 13.5. The standard InChI is InChI=1S/C12H8N2O6/c1-6(15)9-10(16)12(18)13(11(9)17)7-3-2-4-8(5-7)14(19)20/h2-5,9H,1H3/t9-/m0/s1. The molecule has 8 heteroatoms. The first-order chi connectivity index (χ1) is 9.34. The van der Waals surface area contributed by atoms with E-state index in [9.17, 15) is 29.3 Å². The highest BCUT2D eigenvalue weighted by atomic mass is 16.6. The molecule has 20 heavy (non-hydrogen) atoms. The zero-order valence-corrected chi connectivity index (χ0v) is 10.2. The number of non-ortho nitro benzene ring substituents is 1. The monoisotopic (exact) mass is 276 g/mol. The Hall–Kier alpha value is -2.90. The molecule has 1 aromatic rings. The molecule has 2 amide bonds. The minimum absolute atomic E-state index is 0.105. The van der Waals surface area contributed by atoms with Gasteiger partial charge in [-0.05, 0) is 13.0 Å². The number of rotatable bonds is 3. The molecule has 0 radical (unpaired) electrons. The van der Waals surface area contributed by atoms with Gasteiger partial charge in [-0.2, -0.15) is 0 Å². The maximum Gasteiger partial charge on any atom is 0.302 e. The predicted octanol–water partition coefficient (Wildman–Crippen LogP) is 0.242. The summed E-state index contributed by atoms with van der Waals surface area (Å²) in [7, 11) is 0. The first-order valence-corrected chi connectivity index (χ1v) is 5.51. The number of carbonyl (C=O) groups excluding carboxylic acids is 4. The molecule has 0 N–H and O–H groups in total. The second-order valence-corrected chi connectivity index (χ2v) is 4.16. The fraction of sp³-hybridized carbons (Fsp3) is 0.167. The molecule has 1 aromatic carbocycles. The Morgan fingerprint density at radius 2 is 1.95 bits per heavy atom. The molecule has 1 heterocycles. The first-order valence-electron chi connectivity index (χ1n) is 5.51. The van der Waals surface area contributed by atoms with Gasteiger partial charge in [0, 0.05) is 12.1 Å². The van der Waals surface area contributed by atoms with Gasteiger partial charge >= 0.3 is 5.91 Å².